The fourth-order valence-corrected chi connectivity index (χ4v) is 4.18. The Labute approximate surface area is 112 Å². The molecular formula is C13H21NO3S. The van der Waals surface area contributed by atoms with Gasteiger partial charge in [-0.1, -0.05) is 19.3 Å². The molecule has 1 unspecified atom stereocenters. The highest BCUT2D eigenvalue weighted by molar-refractivity contribution is 7.99. The SMILES string of the molecule is O=C(CC1CCCCC1)NC1(C(=O)O)CCSC1. The molecule has 2 N–H and O–H groups in total. The van der Waals surface area contributed by atoms with Gasteiger partial charge in [-0.15, -0.1) is 0 Å². The summed E-state index contributed by atoms with van der Waals surface area (Å²) in [5.41, 5.74) is -1.00. The molecular weight excluding hydrogens is 250 g/mol. The van der Waals surface area contributed by atoms with Crippen LogP contribution in [0.25, 0.3) is 0 Å². The van der Waals surface area contributed by atoms with Gasteiger partial charge in [0.15, 0.2) is 0 Å². The molecule has 102 valence electrons. The molecule has 0 spiro atoms. The second-order valence-corrected chi connectivity index (χ2v) is 6.55. The quantitative estimate of drug-likeness (QED) is 0.821. The Balaban J connectivity index is 1.87. The Kier molecular flexibility index (Phi) is 4.54. The maximum atomic E-state index is 12.0. The van der Waals surface area contributed by atoms with Crippen LogP contribution in [-0.2, 0) is 9.59 Å². The number of rotatable bonds is 4. The van der Waals surface area contributed by atoms with Gasteiger partial charge in [0.05, 0.1) is 0 Å². The van der Waals surface area contributed by atoms with E-state index in [-0.39, 0.29) is 5.91 Å². The van der Waals surface area contributed by atoms with Crippen LogP contribution in [0.5, 0.6) is 0 Å². The maximum Gasteiger partial charge on any atom is 0.330 e. The molecule has 1 aliphatic heterocycles. The van der Waals surface area contributed by atoms with Crippen LogP contribution in [0.3, 0.4) is 0 Å². The van der Waals surface area contributed by atoms with Crippen LogP contribution in [0.2, 0.25) is 0 Å². The summed E-state index contributed by atoms with van der Waals surface area (Å²) < 4.78 is 0. The van der Waals surface area contributed by atoms with E-state index in [9.17, 15) is 14.7 Å². The number of amides is 1. The van der Waals surface area contributed by atoms with Gasteiger partial charge in [-0.25, -0.2) is 4.79 Å². The van der Waals surface area contributed by atoms with Crippen LogP contribution < -0.4 is 5.32 Å². The third-order valence-corrected chi connectivity index (χ3v) is 5.20. The molecule has 4 nitrogen and oxygen atoms in total. The van der Waals surface area contributed by atoms with E-state index in [2.05, 4.69) is 5.32 Å². The summed E-state index contributed by atoms with van der Waals surface area (Å²) in [6, 6.07) is 0. The third-order valence-electron chi connectivity index (χ3n) is 4.01. The zero-order valence-electron chi connectivity index (χ0n) is 10.6. The molecule has 1 saturated heterocycles. The highest BCUT2D eigenvalue weighted by atomic mass is 32.2. The zero-order chi connectivity index (χ0) is 13.0. The molecule has 1 amide bonds. The lowest BCUT2D eigenvalue weighted by molar-refractivity contribution is -0.146. The van der Waals surface area contributed by atoms with Crippen LogP contribution in [0.15, 0.2) is 0 Å². The van der Waals surface area contributed by atoms with Gasteiger partial charge >= 0.3 is 5.97 Å². The topological polar surface area (TPSA) is 66.4 Å². The second kappa shape index (κ2) is 5.95. The van der Waals surface area contributed by atoms with Gasteiger partial charge in [-0.05, 0) is 30.9 Å². The first-order chi connectivity index (χ1) is 8.62. The molecule has 5 heteroatoms. The number of thioether (sulfide) groups is 1. The van der Waals surface area contributed by atoms with Crippen LogP contribution in [0.4, 0.5) is 0 Å². The smallest absolute Gasteiger partial charge is 0.330 e. The van der Waals surface area contributed by atoms with Crippen LogP contribution in [-0.4, -0.2) is 34.0 Å². The summed E-state index contributed by atoms with van der Waals surface area (Å²) in [4.78, 5) is 23.3. The highest BCUT2D eigenvalue weighted by Crippen LogP contribution is 2.30. The van der Waals surface area contributed by atoms with Gasteiger partial charge in [0.25, 0.3) is 0 Å². The summed E-state index contributed by atoms with van der Waals surface area (Å²) in [5.74, 6) is 0.810. The average molecular weight is 271 g/mol. The van der Waals surface area contributed by atoms with E-state index >= 15 is 0 Å². The molecule has 2 aliphatic rings. The van der Waals surface area contributed by atoms with E-state index < -0.39 is 11.5 Å². The van der Waals surface area contributed by atoms with E-state index in [1.807, 2.05) is 0 Å². The van der Waals surface area contributed by atoms with Crippen LogP contribution in [0, 0.1) is 5.92 Å². The van der Waals surface area contributed by atoms with Crippen molar-refractivity contribution in [3.8, 4) is 0 Å². The number of aliphatic carboxylic acids is 1. The van der Waals surface area contributed by atoms with Crippen molar-refractivity contribution in [3.63, 3.8) is 0 Å². The first kappa shape index (κ1) is 13.7. The van der Waals surface area contributed by atoms with E-state index in [0.29, 0.717) is 24.5 Å². The Bertz CT molecular complexity index is 320. The van der Waals surface area contributed by atoms with Crippen molar-refractivity contribution >= 4 is 23.6 Å². The Hall–Kier alpha value is -0.710. The first-order valence-electron chi connectivity index (χ1n) is 6.74. The minimum absolute atomic E-state index is 0.0770. The molecule has 2 rings (SSSR count). The average Bonchev–Trinajstić information content (AvgIpc) is 2.80. The Morgan fingerprint density at radius 3 is 2.56 bits per heavy atom. The molecule has 0 aromatic rings. The number of carboxylic acids is 1. The molecule has 18 heavy (non-hydrogen) atoms. The van der Waals surface area contributed by atoms with Crippen molar-refractivity contribution in [2.75, 3.05) is 11.5 Å². The zero-order valence-corrected chi connectivity index (χ0v) is 11.4. The van der Waals surface area contributed by atoms with Crippen LogP contribution in [0.1, 0.15) is 44.9 Å². The minimum Gasteiger partial charge on any atom is -0.479 e. The first-order valence-corrected chi connectivity index (χ1v) is 7.90. The van der Waals surface area contributed by atoms with Crippen molar-refractivity contribution in [3.05, 3.63) is 0 Å². The molecule has 1 atom stereocenters. The molecule has 1 aliphatic carbocycles. The summed E-state index contributed by atoms with van der Waals surface area (Å²) in [6.07, 6.45) is 6.96. The van der Waals surface area contributed by atoms with Crippen LogP contribution >= 0.6 is 11.8 Å². The van der Waals surface area contributed by atoms with E-state index in [0.717, 1.165) is 18.6 Å². The summed E-state index contributed by atoms with van der Waals surface area (Å²) in [7, 11) is 0. The molecule has 1 saturated carbocycles. The van der Waals surface area contributed by atoms with Gasteiger partial charge in [0.1, 0.15) is 5.54 Å². The monoisotopic (exact) mass is 271 g/mol. The number of carbonyl (C=O) groups is 2. The predicted molar refractivity (Wildman–Crippen MR) is 71.6 cm³/mol. The number of hydrogen-bond acceptors (Lipinski definition) is 3. The van der Waals surface area contributed by atoms with Crippen molar-refractivity contribution in [2.24, 2.45) is 5.92 Å². The standard InChI is InChI=1S/C13H21NO3S/c15-11(8-10-4-2-1-3-5-10)14-13(12(16)17)6-7-18-9-13/h10H,1-9H2,(H,14,15)(H,16,17). The lowest BCUT2D eigenvalue weighted by atomic mass is 9.86. The predicted octanol–water partition coefficient (Wildman–Crippen LogP) is 2.03. The lowest BCUT2D eigenvalue weighted by Gasteiger charge is -2.27. The van der Waals surface area contributed by atoms with Crippen molar-refractivity contribution < 1.29 is 14.7 Å². The van der Waals surface area contributed by atoms with E-state index in [1.54, 1.807) is 11.8 Å². The third kappa shape index (κ3) is 3.19. The highest BCUT2D eigenvalue weighted by Gasteiger charge is 2.43. The summed E-state index contributed by atoms with van der Waals surface area (Å²) >= 11 is 1.60. The van der Waals surface area contributed by atoms with E-state index in [4.69, 9.17) is 0 Å². The van der Waals surface area contributed by atoms with E-state index in [1.165, 1.54) is 19.3 Å². The Morgan fingerprint density at radius 2 is 2.00 bits per heavy atom. The number of carboxylic acid groups (broad SMARTS) is 1. The van der Waals surface area contributed by atoms with Gasteiger partial charge in [-0.3, -0.25) is 4.79 Å². The van der Waals surface area contributed by atoms with Gasteiger partial charge in [0, 0.05) is 12.2 Å². The summed E-state index contributed by atoms with van der Waals surface area (Å²) in [5, 5.41) is 12.1. The largest absolute Gasteiger partial charge is 0.479 e. The molecule has 0 bridgehead atoms. The number of nitrogens with one attached hydrogen (secondary N) is 1. The lowest BCUT2D eigenvalue weighted by Crippen LogP contribution is -2.55. The minimum atomic E-state index is -1.00. The molecule has 2 fully saturated rings. The molecule has 0 radical (unpaired) electrons. The fourth-order valence-electron chi connectivity index (χ4n) is 2.86. The molecule has 0 aromatic heterocycles. The molecule has 0 aromatic carbocycles. The van der Waals surface area contributed by atoms with Gasteiger partial charge in [0.2, 0.25) is 5.91 Å². The molecule has 1 heterocycles. The maximum absolute atomic E-state index is 12.0. The normalized spacial score (nSPS) is 29.1. The van der Waals surface area contributed by atoms with Crippen molar-refractivity contribution in [2.45, 2.75) is 50.5 Å². The van der Waals surface area contributed by atoms with Crippen molar-refractivity contribution in [1.82, 2.24) is 5.32 Å². The fraction of sp³-hybridized carbons (Fsp3) is 0.846. The summed E-state index contributed by atoms with van der Waals surface area (Å²) in [6.45, 7) is 0. The second-order valence-electron chi connectivity index (χ2n) is 5.45. The van der Waals surface area contributed by atoms with Gasteiger partial charge in [-0.2, -0.15) is 11.8 Å². The number of carbonyl (C=O) groups excluding carboxylic acids is 1. The van der Waals surface area contributed by atoms with Crippen molar-refractivity contribution in [1.29, 1.82) is 0 Å². The Morgan fingerprint density at radius 1 is 1.28 bits per heavy atom. The van der Waals surface area contributed by atoms with Gasteiger partial charge < -0.3 is 10.4 Å². The number of hydrogen-bond donors (Lipinski definition) is 2.